The first-order valence-corrected chi connectivity index (χ1v) is 21.4. The first-order chi connectivity index (χ1) is 19.1. The van der Waals surface area contributed by atoms with Crippen molar-refractivity contribution in [2.24, 2.45) is 17.8 Å². The van der Waals surface area contributed by atoms with Crippen LogP contribution in [0.5, 0.6) is 0 Å². The fourth-order valence-corrected chi connectivity index (χ4v) is 20.8. The first kappa shape index (κ1) is 41.7. The molecule has 0 aromatic heterocycles. The van der Waals surface area contributed by atoms with E-state index in [0.717, 1.165) is 17.8 Å². The second-order valence-electron chi connectivity index (χ2n) is 13.4. The number of hydrogen-bond acceptors (Lipinski definition) is 0. The van der Waals surface area contributed by atoms with Crippen LogP contribution in [0.25, 0.3) is 0 Å². The maximum absolute atomic E-state index is 3.77. The second kappa shape index (κ2) is 23.1. The van der Waals surface area contributed by atoms with E-state index in [1.165, 1.54) is 135 Å². The minimum Gasteiger partial charge on any atom is -0.126 e. The van der Waals surface area contributed by atoms with Crippen LogP contribution >= 0.6 is 35.6 Å². The molecule has 0 bridgehead atoms. The molecule has 4 heteroatoms. The van der Waals surface area contributed by atoms with E-state index in [1.54, 1.807) is 0 Å². The average molecular weight is 635 g/mol. The molecule has 0 aliphatic heterocycles. The molecule has 9 unspecified atom stereocenters. The quantitative estimate of drug-likeness (QED) is 0.0789. The van der Waals surface area contributed by atoms with Gasteiger partial charge in [-0.25, -0.2) is 0 Å². The van der Waals surface area contributed by atoms with Crippen LogP contribution in [0.2, 0.25) is 0 Å². The van der Waals surface area contributed by atoms with Crippen molar-refractivity contribution < 1.29 is 0 Å². The fraction of sp³-hybridized carbons (Fsp3) is 1.00. The summed E-state index contributed by atoms with van der Waals surface area (Å²) in [5.74, 6) is 2.43. The molecule has 0 nitrogen and oxygen atoms in total. The van der Waals surface area contributed by atoms with Crippen molar-refractivity contribution in [3.63, 3.8) is 0 Å². The van der Waals surface area contributed by atoms with Crippen molar-refractivity contribution in [3.05, 3.63) is 0 Å². The van der Waals surface area contributed by atoms with E-state index >= 15 is 0 Å². The molecular weight excluding hydrogens is 556 g/mol. The van der Waals surface area contributed by atoms with Crippen LogP contribution in [0.4, 0.5) is 0 Å². The Morgan fingerprint density at radius 2 is 0.625 bits per heavy atom. The second-order valence-corrected chi connectivity index (χ2v) is 21.1. The Kier molecular flexibility index (Phi) is 24.1. The summed E-state index contributed by atoms with van der Waals surface area (Å²) in [6, 6.07) is 0. The molecule has 0 radical (unpaired) electrons. The molecular formula is C36H78P4. The van der Waals surface area contributed by atoms with Crippen molar-refractivity contribution >= 4 is 35.6 Å². The van der Waals surface area contributed by atoms with Crippen LogP contribution in [0.15, 0.2) is 0 Å². The Morgan fingerprint density at radius 3 is 0.800 bits per heavy atom. The molecule has 40 heavy (non-hydrogen) atoms. The minimum atomic E-state index is -0.328. The minimum absolute atomic E-state index is 0.328. The van der Waals surface area contributed by atoms with Gasteiger partial charge in [0.2, 0.25) is 0 Å². The van der Waals surface area contributed by atoms with E-state index in [4.69, 9.17) is 0 Å². The third-order valence-corrected chi connectivity index (χ3v) is 19.2. The highest BCUT2D eigenvalue weighted by molar-refractivity contribution is 7.78. The standard InChI is InChI=1S/C36H78P4/c1-10-19-25-31(16-7)34(37,28-22-13-4)40(35(38,29-23-14-5)32(17-8)26-20-11-2)36(39,30-24-15-6)33(18-9)27-21-12-3/h31-33H,10-30,37-39H2,1-9H3. The molecule has 9 atom stereocenters. The summed E-state index contributed by atoms with van der Waals surface area (Å²) in [4.78, 5) is 1.04. The molecule has 0 aliphatic rings. The molecule has 0 saturated carbocycles. The molecule has 242 valence electrons. The van der Waals surface area contributed by atoms with Crippen molar-refractivity contribution in [3.8, 4) is 0 Å². The molecule has 0 amide bonds. The van der Waals surface area contributed by atoms with Gasteiger partial charge >= 0.3 is 0 Å². The van der Waals surface area contributed by atoms with E-state index in [2.05, 4.69) is 90.0 Å². The van der Waals surface area contributed by atoms with E-state index < -0.39 is 0 Å². The van der Waals surface area contributed by atoms with Gasteiger partial charge in [0, 0.05) is 14.7 Å². The molecule has 0 saturated heterocycles. The highest BCUT2D eigenvalue weighted by Crippen LogP contribution is 2.83. The van der Waals surface area contributed by atoms with E-state index in [-0.39, 0.29) is 7.92 Å². The van der Waals surface area contributed by atoms with Crippen LogP contribution in [0.3, 0.4) is 0 Å². The SMILES string of the molecule is CCCCC(CC)C(P)(CCCC)P(C(P)(CCCC)C(CC)CCCC)C(P)(CCCC)C(CC)CCCC. The summed E-state index contributed by atoms with van der Waals surface area (Å²) >= 11 is 0. The fourth-order valence-electron chi connectivity index (χ4n) is 7.81. The highest BCUT2D eigenvalue weighted by Gasteiger charge is 2.59. The Labute approximate surface area is 264 Å². The zero-order chi connectivity index (χ0) is 30.7. The Morgan fingerprint density at radius 1 is 0.400 bits per heavy atom. The van der Waals surface area contributed by atoms with Crippen LogP contribution in [0, 0.1) is 17.8 Å². The van der Waals surface area contributed by atoms with E-state index in [1.807, 2.05) is 0 Å². The van der Waals surface area contributed by atoms with Gasteiger partial charge in [-0.2, -0.15) is 0 Å². The molecule has 0 fully saturated rings. The predicted molar refractivity (Wildman–Crippen MR) is 203 cm³/mol. The normalized spacial score (nSPS) is 19.8. The molecule has 0 aromatic carbocycles. The molecule has 0 aliphatic carbocycles. The average Bonchev–Trinajstić information content (AvgIpc) is 2.95. The van der Waals surface area contributed by atoms with Gasteiger partial charge < -0.3 is 0 Å². The first-order valence-electron chi connectivity index (χ1n) is 18.3. The lowest BCUT2D eigenvalue weighted by atomic mass is 9.90. The molecule has 0 N–H and O–H groups in total. The predicted octanol–water partition coefficient (Wildman–Crippen LogP) is 14.4. The van der Waals surface area contributed by atoms with Gasteiger partial charge in [-0.1, -0.05) is 167 Å². The van der Waals surface area contributed by atoms with Crippen molar-refractivity contribution in [1.29, 1.82) is 0 Å². The van der Waals surface area contributed by atoms with Crippen molar-refractivity contribution in [2.75, 3.05) is 0 Å². The maximum Gasteiger partial charge on any atom is 0.00935 e. The molecule has 0 aromatic rings. The van der Waals surface area contributed by atoms with Crippen molar-refractivity contribution in [1.82, 2.24) is 0 Å². The van der Waals surface area contributed by atoms with E-state index in [0.29, 0.717) is 14.7 Å². The summed E-state index contributed by atoms with van der Waals surface area (Å²) in [7, 11) is 11.0. The smallest absolute Gasteiger partial charge is 0.00935 e. The zero-order valence-electron chi connectivity index (χ0n) is 29.3. The van der Waals surface area contributed by atoms with E-state index in [9.17, 15) is 0 Å². The molecule has 0 rings (SSSR count). The Balaban J connectivity index is 7.72. The lowest BCUT2D eigenvalue weighted by Crippen LogP contribution is -2.49. The van der Waals surface area contributed by atoms with Gasteiger partial charge in [0.1, 0.15) is 0 Å². The molecule has 0 spiro atoms. The van der Waals surface area contributed by atoms with Gasteiger partial charge in [0.25, 0.3) is 0 Å². The summed E-state index contributed by atoms with van der Waals surface area (Å²) < 4.78 is 0. The summed E-state index contributed by atoms with van der Waals surface area (Å²) in [5, 5.41) is 0. The number of unbranched alkanes of at least 4 members (excludes halogenated alkanes) is 6. The zero-order valence-corrected chi connectivity index (χ0v) is 33.6. The van der Waals surface area contributed by atoms with Gasteiger partial charge in [0.15, 0.2) is 0 Å². The lowest BCUT2D eigenvalue weighted by Gasteiger charge is -2.63. The number of rotatable bonds is 27. The molecule has 0 heterocycles. The highest BCUT2D eigenvalue weighted by atomic mass is 31.2. The lowest BCUT2D eigenvalue weighted by molar-refractivity contribution is 0.331. The largest absolute Gasteiger partial charge is 0.126 e. The van der Waals surface area contributed by atoms with Gasteiger partial charge in [-0.05, 0) is 56.3 Å². The van der Waals surface area contributed by atoms with Crippen LogP contribution < -0.4 is 0 Å². The van der Waals surface area contributed by atoms with Crippen molar-refractivity contribution in [2.45, 2.75) is 212 Å². The topological polar surface area (TPSA) is 0 Å². The van der Waals surface area contributed by atoms with Crippen LogP contribution in [0.1, 0.15) is 197 Å². The van der Waals surface area contributed by atoms with Gasteiger partial charge in [-0.15, -0.1) is 27.7 Å². The third kappa shape index (κ3) is 11.9. The monoisotopic (exact) mass is 635 g/mol. The van der Waals surface area contributed by atoms with Gasteiger partial charge in [0.05, 0.1) is 0 Å². The van der Waals surface area contributed by atoms with Crippen LogP contribution in [-0.4, -0.2) is 14.7 Å². The van der Waals surface area contributed by atoms with Crippen LogP contribution in [-0.2, 0) is 0 Å². The van der Waals surface area contributed by atoms with Gasteiger partial charge in [-0.3, -0.25) is 0 Å². The Hall–Kier alpha value is 1.72. The summed E-state index contributed by atoms with van der Waals surface area (Å²) in [5.41, 5.74) is 0. The number of hydrogen-bond donors (Lipinski definition) is 0. The summed E-state index contributed by atoms with van der Waals surface area (Å²) in [6.45, 7) is 22.1. The summed E-state index contributed by atoms with van der Waals surface area (Å²) in [6.07, 6.45) is 28.7. The third-order valence-electron chi connectivity index (χ3n) is 10.4. The maximum atomic E-state index is 3.77. The Bertz CT molecular complexity index is 517.